The van der Waals surface area contributed by atoms with Crippen molar-refractivity contribution in [3.8, 4) is 0 Å². The second-order valence-corrected chi connectivity index (χ2v) is 14.8. The Kier molecular flexibility index (Phi) is 33.2. The van der Waals surface area contributed by atoms with Gasteiger partial charge in [-0.05, 0) is 50.9 Å². The van der Waals surface area contributed by atoms with Gasteiger partial charge >= 0.3 is 19.8 Å². The van der Waals surface area contributed by atoms with Gasteiger partial charge in [0.1, 0.15) is 6.61 Å². The maximum Gasteiger partial charge on any atom is 0.469 e. The van der Waals surface area contributed by atoms with Crippen LogP contribution in [0, 0.1) is 5.92 Å². The molecule has 1 unspecified atom stereocenters. The van der Waals surface area contributed by atoms with Crippen LogP contribution < -0.4 is 0 Å². The Morgan fingerprint density at radius 3 is 1.86 bits per heavy atom. The van der Waals surface area contributed by atoms with E-state index in [0.29, 0.717) is 32.1 Å². The molecule has 0 saturated carbocycles. The molecule has 3 N–H and O–H groups in total. The van der Waals surface area contributed by atoms with Crippen molar-refractivity contribution in [2.75, 3.05) is 13.2 Å². The van der Waals surface area contributed by atoms with E-state index in [4.69, 9.17) is 19.3 Å². The number of carbonyl (C=O) groups excluding carboxylic acids is 2. The summed E-state index contributed by atoms with van der Waals surface area (Å²) in [4.78, 5) is 42.7. The lowest BCUT2D eigenvalue weighted by molar-refractivity contribution is -0.161. The van der Waals surface area contributed by atoms with Crippen LogP contribution in [0.1, 0.15) is 156 Å². The van der Waals surface area contributed by atoms with Gasteiger partial charge in [0.2, 0.25) is 0 Å². The summed E-state index contributed by atoms with van der Waals surface area (Å²) in [6, 6.07) is 0. The highest BCUT2D eigenvalue weighted by molar-refractivity contribution is 7.46. The Morgan fingerprint density at radius 1 is 0.667 bits per heavy atom. The number of rotatable bonds is 34. The Morgan fingerprint density at radius 2 is 1.24 bits per heavy atom. The van der Waals surface area contributed by atoms with E-state index in [1.54, 1.807) is 6.08 Å². The molecular formula is C41H71O9P. The van der Waals surface area contributed by atoms with Crippen molar-refractivity contribution >= 4 is 19.8 Å². The number of unbranched alkanes of at least 4 members (excludes halogenated alkanes) is 12. The number of aliphatic hydroxyl groups is 1. The highest BCUT2D eigenvalue weighted by atomic mass is 31.2. The summed E-state index contributed by atoms with van der Waals surface area (Å²) in [7, 11) is -4.78. The van der Waals surface area contributed by atoms with Crippen LogP contribution in [-0.2, 0) is 28.2 Å². The molecule has 9 nitrogen and oxygen atoms in total. The number of hydrogen-bond donors (Lipinski definition) is 3. The molecule has 0 aliphatic carbocycles. The summed E-state index contributed by atoms with van der Waals surface area (Å²) in [6.45, 7) is 5.76. The first kappa shape index (κ1) is 48.7. The van der Waals surface area contributed by atoms with Crippen LogP contribution in [-0.4, -0.2) is 52.3 Å². The number of allylic oxidation sites excluding steroid dienone is 8. The SMILES string of the molecule is CC/C=C\C/C=C\CC(O)/C=C/C=C\C/C=C\CCCC(=O)O[C@H](COC(=O)CCCCCCCCCCCCCCC(C)C)COP(=O)(O)O. The van der Waals surface area contributed by atoms with Crippen molar-refractivity contribution in [1.29, 1.82) is 0 Å². The largest absolute Gasteiger partial charge is 0.469 e. The van der Waals surface area contributed by atoms with E-state index in [1.807, 2.05) is 42.5 Å². The summed E-state index contributed by atoms with van der Waals surface area (Å²) in [5.74, 6) is -0.184. The monoisotopic (exact) mass is 738 g/mol. The molecule has 10 heteroatoms. The zero-order valence-corrected chi connectivity index (χ0v) is 32.9. The van der Waals surface area contributed by atoms with Crippen molar-refractivity contribution < 1.29 is 43.0 Å². The van der Waals surface area contributed by atoms with Crippen LogP contribution in [0.25, 0.3) is 0 Å². The summed E-state index contributed by atoms with van der Waals surface area (Å²) in [5.41, 5.74) is 0. The van der Waals surface area contributed by atoms with E-state index in [-0.39, 0.29) is 19.4 Å². The summed E-state index contributed by atoms with van der Waals surface area (Å²) in [5, 5.41) is 9.97. The minimum atomic E-state index is -4.78. The average Bonchev–Trinajstić information content (AvgIpc) is 3.07. The number of phosphoric ester groups is 1. The average molecular weight is 739 g/mol. The fraction of sp³-hybridized carbons (Fsp3) is 0.707. The van der Waals surface area contributed by atoms with E-state index >= 15 is 0 Å². The molecular weight excluding hydrogens is 667 g/mol. The summed E-state index contributed by atoms with van der Waals surface area (Å²) in [6.07, 6.45) is 38.4. The fourth-order valence-electron chi connectivity index (χ4n) is 5.15. The molecule has 0 radical (unpaired) electrons. The zero-order valence-electron chi connectivity index (χ0n) is 32.0. The van der Waals surface area contributed by atoms with Gasteiger partial charge in [0.15, 0.2) is 6.10 Å². The van der Waals surface area contributed by atoms with Crippen molar-refractivity contribution in [3.05, 3.63) is 60.8 Å². The van der Waals surface area contributed by atoms with Gasteiger partial charge < -0.3 is 24.4 Å². The first-order valence-electron chi connectivity index (χ1n) is 19.5. The predicted molar refractivity (Wildman–Crippen MR) is 208 cm³/mol. The van der Waals surface area contributed by atoms with Gasteiger partial charge in [0, 0.05) is 12.8 Å². The van der Waals surface area contributed by atoms with Crippen molar-refractivity contribution in [2.24, 2.45) is 5.92 Å². The van der Waals surface area contributed by atoms with E-state index < -0.39 is 38.6 Å². The van der Waals surface area contributed by atoms with E-state index in [1.165, 1.54) is 57.8 Å². The van der Waals surface area contributed by atoms with Crippen LogP contribution in [0.2, 0.25) is 0 Å². The van der Waals surface area contributed by atoms with Gasteiger partial charge in [0.25, 0.3) is 0 Å². The summed E-state index contributed by atoms with van der Waals surface area (Å²) < 4.78 is 26.2. The van der Waals surface area contributed by atoms with Crippen LogP contribution >= 0.6 is 7.82 Å². The number of hydrogen-bond acceptors (Lipinski definition) is 7. The van der Waals surface area contributed by atoms with Crippen LogP contribution in [0.3, 0.4) is 0 Å². The fourth-order valence-corrected chi connectivity index (χ4v) is 5.51. The topological polar surface area (TPSA) is 140 Å². The smallest absolute Gasteiger partial charge is 0.462 e. The molecule has 0 aliphatic heterocycles. The van der Waals surface area contributed by atoms with Gasteiger partial charge in [-0.3, -0.25) is 14.1 Å². The number of aliphatic hydroxyl groups excluding tert-OH is 1. The summed E-state index contributed by atoms with van der Waals surface area (Å²) >= 11 is 0. The van der Waals surface area contributed by atoms with Gasteiger partial charge in [0.05, 0.1) is 12.7 Å². The van der Waals surface area contributed by atoms with Gasteiger partial charge in [-0.1, -0.05) is 159 Å². The molecule has 0 aromatic rings. The Balaban J connectivity index is 4.13. The van der Waals surface area contributed by atoms with E-state index in [2.05, 4.69) is 37.4 Å². The Labute approximate surface area is 309 Å². The van der Waals surface area contributed by atoms with Gasteiger partial charge in [-0.25, -0.2) is 4.57 Å². The molecule has 0 aromatic heterocycles. The molecule has 0 saturated heterocycles. The molecule has 0 spiro atoms. The Bertz CT molecular complexity index is 1040. The highest BCUT2D eigenvalue weighted by Crippen LogP contribution is 2.36. The standard InChI is InChI=1S/C41H71O9P/c1-4-5-6-7-21-26-31-38(42)32-27-22-17-14-15-19-24-29-34-41(44)50-39(36-49-51(45,46)47)35-48-40(43)33-28-23-18-13-11-9-8-10-12-16-20-25-30-37(2)3/h5-6,15,17,19,21-22,26-27,32,37-39,42H,4,7-14,16,18,20,23-25,28-31,33-36H2,1-3H3,(H2,45,46,47)/b6-5-,19-15-,22-17-,26-21-,32-27+/t38?,39-/m1/s1. The highest BCUT2D eigenvalue weighted by Gasteiger charge is 2.22. The molecule has 2 atom stereocenters. The first-order valence-corrected chi connectivity index (χ1v) is 21.1. The molecule has 51 heavy (non-hydrogen) atoms. The number of phosphoric acid groups is 1. The molecule has 0 aliphatic rings. The minimum Gasteiger partial charge on any atom is -0.462 e. The Hall–Kier alpha value is -2.29. The quantitative estimate of drug-likeness (QED) is 0.0193. The lowest BCUT2D eigenvalue weighted by Crippen LogP contribution is -2.29. The van der Waals surface area contributed by atoms with E-state index in [0.717, 1.165) is 38.0 Å². The molecule has 0 heterocycles. The lowest BCUT2D eigenvalue weighted by Gasteiger charge is -2.18. The second-order valence-electron chi connectivity index (χ2n) is 13.6. The van der Waals surface area contributed by atoms with Gasteiger partial charge in [-0.15, -0.1) is 0 Å². The zero-order chi connectivity index (χ0) is 37.8. The minimum absolute atomic E-state index is 0.100. The van der Waals surface area contributed by atoms with Crippen LogP contribution in [0.5, 0.6) is 0 Å². The first-order chi connectivity index (χ1) is 24.5. The van der Waals surface area contributed by atoms with Crippen LogP contribution in [0.15, 0.2) is 60.8 Å². The number of ether oxygens (including phenoxy) is 2. The van der Waals surface area contributed by atoms with E-state index in [9.17, 15) is 19.3 Å². The molecule has 0 bridgehead atoms. The van der Waals surface area contributed by atoms with Crippen LogP contribution in [0.4, 0.5) is 0 Å². The normalized spacial score (nSPS) is 13.9. The molecule has 0 aromatic carbocycles. The molecule has 0 amide bonds. The number of esters is 2. The second kappa shape index (κ2) is 34.8. The third-order valence-corrected chi connectivity index (χ3v) is 8.54. The third kappa shape index (κ3) is 38.8. The molecule has 294 valence electrons. The molecule has 0 rings (SSSR count). The predicted octanol–water partition coefficient (Wildman–Crippen LogP) is 10.6. The van der Waals surface area contributed by atoms with Gasteiger partial charge in [-0.2, -0.15) is 0 Å². The van der Waals surface area contributed by atoms with Crippen molar-refractivity contribution in [3.63, 3.8) is 0 Å². The van der Waals surface area contributed by atoms with Crippen molar-refractivity contribution in [2.45, 2.75) is 168 Å². The molecule has 0 fully saturated rings. The third-order valence-electron chi connectivity index (χ3n) is 8.06. The maximum absolute atomic E-state index is 12.4. The van der Waals surface area contributed by atoms with Crippen molar-refractivity contribution in [1.82, 2.24) is 0 Å². The number of carbonyl (C=O) groups is 2. The maximum atomic E-state index is 12.4. The lowest BCUT2D eigenvalue weighted by atomic mass is 10.0.